The van der Waals surface area contributed by atoms with Gasteiger partial charge in [0.25, 0.3) is 5.91 Å². The highest BCUT2D eigenvalue weighted by molar-refractivity contribution is 9.11. The van der Waals surface area contributed by atoms with Crippen LogP contribution in [0.3, 0.4) is 0 Å². The third-order valence-electron chi connectivity index (χ3n) is 3.76. The van der Waals surface area contributed by atoms with Gasteiger partial charge in [0.15, 0.2) is 5.13 Å². The van der Waals surface area contributed by atoms with Gasteiger partial charge in [0.05, 0.1) is 15.0 Å². The number of hydrogen-bond donors (Lipinski definition) is 1. The van der Waals surface area contributed by atoms with Gasteiger partial charge in [-0.05, 0) is 48.1 Å². The minimum atomic E-state index is -0.105. The van der Waals surface area contributed by atoms with Crippen LogP contribution in [0.2, 0.25) is 0 Å². The highest BCUT2D eigenvalue weighted by atomic mass is 79.9. The van der Waals surface area contributed by atoms with Gasteiger partial charge >= 0.3 is 0 Å². The van der Waals surface area contributed by atoms with Crippen molar-refractivity contribution in [3.05, 3.63) is 31.4 Å². The van der Waals surface area contributed by atoms with Gasteiger partial charge in [0.2, 0.25) is 0 Å². The van der Waals surface area contributed by atoms with E-state index in [1.165, 1.54) is 16.2 Å². The van der Waals surface area contributed by atoms with Crippen LogP contribution in [0.5, 0.6) is 0 Å². The van der Waals surface area contributed by atoms with Crippen LogP contribution in [-0.4, -0.2) is 27.9 Å². The summed E-state index contributed by atoms with van der Waals surface area (Å²) >= 11 is 6.50. The molecule has 1 aliphatic rings. The summed E-state index contributed by atoms with van der Waals surface area (Å²) in [6.45, 7) is 8.62. The molecule has 0 radical (unpaired) electrons. The van der Waals surface area contributed by atoms with E-state index in [4.69, 9.17) is 0 Å². The lowest BCUT2D eigenvalue weighted by molar-refractivity contribution is 0.102. The van der Waals surface area contributed by atoms with Crippen molar-refractivity contribution in [3.8, 4) is 0 Å². The predicted molar refractivity (Wildman–Crippen MR) is 96.0 cm³/mol. The second-order valence-electron chi connectivity index (χ2n) is 6.29. The maximum atomic E-state index is 12.3. The van der Waals surface area contributed by atoms with Gasteiger partial charge < -0.3 is 0 Å². The number of amides is 1. The van der Waals surface area contributed by atoms with Gasteiger partial charge in [-0.2, -0.15) is 0 Å². The predicted octanol–water partition coefficient (Wildman–Crippen LogP) is 4.38. The number of aromatic nitrogens is 1. The number of rotatable bonds is 2. The molecule has 7 heteroatoms. The van der Waals surface area contributed by atoms with Crippen LogP contribution in [0.4, 0.5) is 5.13 Å². The lowest BCUT2D eigenvalue weighted by atomic mass is 10.0. The highest BCUT2D eigenvalue weighted by Crippen LogP contribution is 2.32. The molecule has 2 aromatic heterocycles. The quantitative estimate of drug-likeness (QED) is 0.814. The summed E-state index contributed by atoms with van der Waals surface area (Å²) in [5, 5.41) is 5.52. The second-order valence-corrected chi connectivity index (χ2v) is 9.61. The van der Waals surface area contributed by atoms with Crippen LogP contribution in [0.25, 0.3) is 0 Å². The Morgan fingerprint density at radius 3 is 2.86 bits per heavy atom. The largest absolute Gasteiger partial charge is 0.298 e. The number of hydrogen-bond acceptors (Lipinski definition) is 5. The van der Waals surface area contributed by atoms with Crippen molar-refractivity contribution in [1.29, 1.82) is 0 Å². The first kappa shape index (κ1) is 16.1. The summed E-state index contributed by atoms with van der Waals surface area (Å²) in [5.74, 6) is -0.105. The molecule has 1 N–H and O–H groups in total. The topological polar surface area (TPSA) is 45.2 Å². The zero-order valence-electron chi connectivity index (χ0n) is 12.8. The Bertz CT molecular complexity index is 702. The van der Waals surface area contributed by atoms with E-state index >= 15 is 0 Å². The van der Waals surface area contributed by atoms with Crippen molar-refractivity contribution < 1.29 is 4.79 Å². The molecule has 0 unspecified atom stereocenters. The molecular weight excluding hydrogens is 382 g/mol. The first-order valence-electron chi connectivity index (χ1n) is 7.12. The molecule has 0 saturated carbocycles. The average Bonchev–Trinajstić information content (AvgIpc) is 3.01. The number of anilines is 1. The molecule has 0 bridgehead atoms. The Hall–Kier alpha value is -0.760. The number of thiophene rings is 1. The first-order chi connectivity index (χ1) is 10.3. The van der Waals surface area contributed by atoms with Crippen molar-refractivity contribution in [3.63, 3.8) is 0 Å². The van der Waals surface area contributed by atoms with E-state index in [1.807, 2.05) is 11.4 Å². The summed E-state index contributed by atoms with van der Waals surface area (Å²) in [6, 6.07) is 1.82. The smallest absolute Gasteiger partial charge is 0.259 e. The van der Waals surface area contributed by atoms with Gasteiger partial charge in [-0.3, -0.25) is 15.0 Å². The fourth-order valence-electron chi connectivity index (χ4n) is 2.44. The van der Waals surface area contributed by atoms with Crippen molar-refractivity contribution in [2.24, 2.45) is 0 Å². The Labute approximate surface area is 146 Å². The number of halogens is 1. The molecule has 2 aromatic rings. The maximum absolute atomic E-state index is 12.3. The molecule has 0 aliphatic carbocycles. The Kier molecular flexibility index (Phi) is 4.42. The number of nitrogens with one attached hydrogen (secondary N) is 1. The molecule has 0 spiro atoms. The molecule has 0 saturated heterocycles. The summed E-state index contributed by atoms with van der Waals surface area (Å²) in [4.78, 5) is 20.6. The molecule has 1 amide bonds. The molecule has 3 rings (SSSR count). The molecule has 0 fully saturated rings. The van der Waals surface area contributed by atoms with Gasteiger partial charge in [-0.1, -0.05) is 0 Å². The maximum Gasteiger partial charge on any atom is 0.259 e. The Balaban J connectivity index is 1.75. The van der Waals surface area contributed by atoms with Gasteiger partial charge in [0, 0.05) is 29.9 Å². The average molecular weight is 400 g/mol. The normalized spacial score (nSPS) is 15.6. The van der Waals surface area contributed by atoms with Gasteiger partial charge in [-0.15, -0.1) is 22.7 Å². The molecule has 22 heavy (non-hydrogen) atoms. The number of fused-ring (bicyclic) bond motifs is 1. The van der Waals surface area contributed by atoms with Crippen LogP contribution in [0, 0.1) is 0 Å². The van der Waals surface area contributed by atoms with Crippen molar-refractivity contribution in [2.75, 3.05) is 11.9 Å². The van der Waals surface area contributed by atoms with Crippen molar-refractivity contribution in [2.45, 2.75) is 39.3 Å². The van der Waals surface area contributed by atoms with Crippen LogP contribution in [0.1, 0.15) is 41.7 Å². The Morgan fingerprint density at radius 1 is 1.45 bits per heavy atom. The first-order valence-corrected chi connectivity index (χ1v) is 9.61. The van der Waals surface area contributed by atoms with E-state index in [2.05, 4.69) is 51.9 Å². The zero-order chi connectivity index (χ0) is 15.9. The summed E-state index contributed by atoms with van der Waals surface area (Å²) in [5.41, 5.74) is 1.95. The lowest BCUT2D eigenvalue weighted by Crippen LogP contribution is -2.43. The number of carbonyl (C=O) groups excluding carboxylic acids is 1. The van der Waals surface area contributed by atoms with Crippen LogP contribution < -0.4 is 5.32 Å². The number of nitrogens with zero attached hydrogens (tertiary/aromatic N) is 2. The summed E-state index contributed by atoms with van der Waals surface area (Å²) in [6.07, 6.45) is 0.946. The molecule has 0 atom stereocenters. The van der Waals surface area contributed by atoms with E-state index in [9.17, 15) is 4.79 Å². The minimum Gasteiger partial charge on any atom is -0.298 e. The lowest BCUT2D eigenvalue weighted by Gasteiger charge is -2.37. The number of carbonyl (C=O) groups is 1. The number of thiazole rings is 1. The van der Waals surface area contributed by atoms with E-state index in [1.54, 1.807) is 11.3 Å². The monoisotopic (exact) mass is 399 g/mol. The van der Waals surface area contributed by atoms with E-state index in [0.717, 1.165) is 29.0 Å². The van der Waals surface area contributed by atoms with Crippen LogP contribution >= 0.6 is 38.6 Å². The Morgan fingerprint density at radius 2 is 2.23 bits per heavy atom. The fourth-order valence-corrected chi connectivity index (χ4v) is 4.71. The van der Waals surface area contributed by atoms with Crippen molar-refractivity contribution >= 4 is 49.6 Å². The zero-order valence-corrected chi connectivity index (χ0v) is 16.0. The summed E-state index contributed by atoms with van der Waals surface area (Å²) in [7, 11) is 0. The highest BCUT2D eigenvalue weighted by Gasteiger charge is 2.28. The molecular formula is C15H18BrN3OS2. The second kappa shape index (κ2) is 6.03. The minimum absolute atomic E-state index is 0.105. The van der Waals surface area contributed by atoms with Gasteiger partial charge in [-0.25, -0.2) is 4.98 Å². The van der Waals surface area contributed by atoms with E-state index in [0.29, 0.717) is 10.7 Å². The van der Waals surface area contributed by atoms with Gasteiger partial charge in [0.1, 0.15) is 0 Å². The third kappa shape index (κ3) is 3.27. The molecule has 1 aliphatic heterocycles. The van der Waals surface area contributed by atoms with Crippen LogP contribution in [0.15, 0.2) is 15.2 Å². The molecule has 4 nitrogen and oxygen atoms in total. The molecule has 0 aromatic carbocycles. The van der Waals surface area contributed by atoms with Crippen molar-refractivity contribution in [1.82, 2.24) is 9.88 Å². The molecule has 3 heterocycles. The SMILES string of the molecule is CC(C)(C)N1CCc2nc(NC(=O)c3ccsc3Br)sc2C1. The fraction of sp³-hybridized carbons (Fsp3) is 0.467. The third-order valence-corrected chi connectivity index (χ3v) is 6.45. The summed E-state index contributed by atoms with van der Waals surface area (Å²) < 4.78 is 0.852. The van der Waals surface area contributed by atoms with E-state index in [-0.39, 0.29) is 11.4 Å². The van der Waals surface area contributed by atoms with E-state index < -0.39 is 0 Å². The molecule has 118 valence electrons. The standard InChI is InChI=1S/C15H18BrN3OS2/c1-15(2,3)19-6-4-10-11(8-19)22-14(17-10)18-13(20)9-5-7-21-12(9)16/h5,7H,4,6,8H2,1-3H3,(H,17,18,20). The van der Waals surface area contributed by atoms with Crippen LogP contribution in [-0.2, 0) is 13.0 Å².